The van der Waals surface area contributed by atoms with Crippen LogP contribution in [0.25, 0.3) is 0 Å². The summed E-state index contributed by atoms with van der Waals surface area (Å²) in [5.74, 6) is -3.34. The van der Waals surface area contributed by atoms with Gasteiger partial charge in [-0.2, -0.15) is 0 Å². The molecular weight excluding hydrogens is 532 g/mol. The molecule has 0 radical (unpaired) electrons. The Labute approximate surface area is 197 Å². The smallest absolute Gasteiger partial charge is 0.254 e. The molecule has 166 valence electrons. The summed E-state index contributed by atoms with van der Waals surface area (Å²) in [7, 11) is 0. The maximum atomic E-state index is 14.6. The van der Waals surface area contributed by atoms with E-state index in [1.807, 2.05) is 40.8 Å². The third-order valence-corrected chi connectivity index (χ3v) is 6.31. The van der Waals surface area contributed by atoms with Crippen molar-refractivity contribution < 1.29 is 23.1 Å². The maximum Gasteiger partial charge on any atom is 0.254 e. The van der Waals surface area contributed by atoms with Crippen LogP contribution in [0.5, 0.6) is 0 Å². The normalized spacial score (nSPS) is 14.8. The summed E-state index contributed by atoms with van der Waals surface area (Å²) in [5, 5.41) is 10.7. The summed E-state index contributed by atoms with van der Waals surface area (Å²) in [6.07, 6.45) is 2.40. The summed E-state index contributed by atoms with van der Waals surface area (Å²) < 4.78 is 43.6. The van der Waals surface area contributed by atoms with E-state index in [1.54, 1.807) is 12.3 Å². The average molecular weight is 552 g/mol. The number of aromatic nitrogens is 1. The van der Waals surface area contributed by atoms with Crippen molar-refractivity contribution in [1.29, 1.82) is 0 Å². The lowest BCUT2D eigenvalue weighted by Crippen LogP contribution is -2.63. The second-order valence-electron chi connectivity index (χ2n) is 8.01. The van der Waals surface area contributed by atoms with E-state index in [-0.39, 0.29) is 36.2 Å². The van der Waals surface area contributed by atoms with E-state index >= 15 is 0 Å². The van der Waals surface area contributed by atoms with Gasteiger partial charge in [0, 0.05) is 33.0 Å². The van der Waals surface area contributed by atoms with Crippen LogP contribution in [0.15, 0.2) is 54.7 Å². The molecule has 3 aromatic rings. The van der Waals surface area contributed by atoms with Crippen molar-refractivity contribution in [2.45, 2.75) is 24.9 Å². The number of β-amino-alcohol motifs (C(OH)–C–C–N with tert-alkyl or cyclic N) is 1. The van der Waals surface area contributed by atoms with Gasteiger partial charge < -0.3 is 10.0 Å². The molecule has 0 spiro atoms. The highest BCUT2D eigenvalue weighted by Gasteiger charge is 2.44. The first-order chi connectivity index (χ1) is 15.3. The van der Waals surface area contributed by atoms with Crippen LogP contribution in [0.2, 0.25) is 0 Å². The summed E-state index contributed by atoms with van der Waals surface area (Å²) in [5.41, 5.74) is -0.283. The lowest BCUT2D eigenvalue weighted by Gasteiger charge is -2.46. The number of carbonyl (C=O) groups excluding carboxylic acids is 1. The molecule has 0 unspecified atom stereocenters. The Kier molecular flexibility index (Phi) is 6.52. The van der Waals surface area contributed by atoms with Crippen LogP contribution in [0.4, 0.5) is 13.2 Å². The molecule has 4 rings (SSSR count). The molecule has 1 saturated heterocycles. The van der Waals surface area contributed by atoms with Gasteiger partial charge in [0.25, 0.3) is 5.91 Å². The third-order valence-electron chi connectivity index (χ3n) is 5.64. The molecular formula is C24H20F3IN2O2. The quantitative estimate of drug-likeness (QED) is 0.458. The fraction of sp³-hybridized carbons (Fsp3) is 0.250. The Morgan fingerprint density at radius 1 is 1.09 bits per heavy atom. The number of pyridine rings is 1. The molecule has 1 amide bonds. The molecule has 4 nitrogen and oxygen atoms in total. The van der Waals surface area contributed by atoms with E-state index in [9.17, 15) is 23.1 Å². The van der Waals surface area contributed by atoms with E-state index in [1.165, 1.54) is 23.1 Å². The van der Waals surface area contributed by atoms with Crippen molar-refractivity contribution in [2.24, 2.45) is 0 Å². The van der Waals surface area contributed by atoms with Crippen LogP contribution in [0.3, 0.4) is 0 Å². The second-order valence-corrected chi connectivity index (χ2v) is 9.25. The molecule has 0 atom stereocenters. The molecule has 1 aliphatic rings. The summed E-state index contributed by atoms with van der Waals surface area (Å²) >= 11 is 1.95. The predicted molar refractivity (Wildman–Crippen MR) is 122 cm³/mol. The van der Waals surface area contributed by atoms with Crippen LogP contribution in [0.1, 0.15) is 33.6 Å². The Morgan fingerprint density at radius 2 is 1.88 bits per heavy atom. The zero-order valence-electron chi connectivity index (χ0n) is 17.0. The van der Waals surface area contributed by atoms with Gasteiger partial charge in [0.1, 0.15) is 11.4 Å². The highest BCUT2D eigenvalue weighted by atomic mass is 127. The zero-order valence-corrected chi connectivity index (χ0v) is 19.2. The molecule has 32 heavy (non-hydrogen) atoms. The van der Waals surface area contributed by atoms with E-state index in [2.05, 4.69) is 4.98 Å². The number of aryl methyl sites for hydroxylation is 1. The number of likely N-dealkylation sites (tertiary alicyclic amines) is 1. The number of hydrogen-bond donors (Lipinski definition) is 1. The Balaban J connectivity index is 1.50. The minimum absolute atomic E-state index is 0.0337. The number of benzene rings is 2. The molecule has 1 N–H and O–H groups in total. The molecule has 0 aliphatic carbocycles. The predicted octanol–water partition coefficient (Wildman–Crippen LogP) is 4.51. The number of halogens is 4. The summed E-state index contributed by atoms with van der Waals surface area (Å²) in [6, 6.07) is 12.1. The fourth-order valence-corrected chi connectivity index (χ4v) is 4.32. The second kappa shape index (κ2) is 9.19. The molecule has 0 bridgehead atoms. The Hall–Kier alpha value is -2.46. The highest BCUT2D eigenvalue weighted by Crippen LogP contribution is 2.30. The number of hydrogen-bond acceptors (Lipinski definition) is 3. The Bertz CT molecular complexity index is 1150. The zero-order chi connectivity index (χ0) is 22.9. The first kappa shape index (κ1) is 22.7. The van der Waals surface area contributed by atoms with Crippen molar-refractivity contribution >= 4 is 28.5 Å². The van der Waals surface area contributed by atoms with Crippen molar-refractivity contribution in [3.05, 3.63) is 98.1 Å². The molecule has 1 fully saturated rings. The van der Waals surface area contributed by atoms with Crippen LogP contribution in [-0.4, -0.2) is 39.6 Å². The van der Waals surface area contributed by atoms with Crippen molar-refractivity contribution in [2.75, 3.05) is 13.1 Å². The number of amides is 1. The minimum Gasteiger partial charge on any atom is -0.386 e. The SMILES string of the molecule is O=C(c1ccc(F)c(F)c1Cc1ccc(I)cc1F)N1CC(O)(CCc2ccccn2)C1. The van der Waals surface area contributed by atoms with Crippen LogP contribution in [-0.2, 0) is 12.8 Å². The number of carbonyl (C=O) groups is 1. The highest BCUT2D eigenvalue weighted by molar-refractivity contribution is 14.1. The number of aliphatic hydroxyl groups is 1. The molecule has 0 saturated carbocycles. The number of nitrogens with zero attached hydrogens (tertiary/aromatic N) is 2. The summed E-state index contributed by atoms with van der Waals surface area (Å²) in [6.45, 7) is 0.157. The van der Waals surface area contributed by atoms with Gasteiger partial charge in [-0.3, -0.25) is 9.78 Å². The van der Waals surface area contributed by atoms with Gasteiger partial charge in [0.2, 0.25) is 0 Å². The average Bonchev–Trinajstić information content (AvgIpc) is 2.75. The van der Waals surface area contributed by atoms with Gasteiger partial charge >= 0.3 is 0 Å². The first-order valence-corrected chi connectivity index (χ1v) is 11.2. The Morgan fingerprint density at radius 3 is 2.56 bits per heavy atom. The van der Waals surface area contributed by atoms with Gasteiger partial charge in [-0.15, -0.1) is 0 Å². The van der Waals surface area contributed by atoms with E-state index in [0.717, 1.165) is 11.8 Å². The largest absolute Gasteiger partial charge is 0.386 e. The van der Waals surface area contributed by atoms with Gasteiger partial charge in [-0.25, -0.2) is 13.2 Å². The minimum atomic E-state index is -1.17. The van der Waals surface area contributed by atoms with E-state index < -0.39 is 29.0 Å². The maximum absolute atomic E-state index is 14.6. The standard InChI is InChI=1S/C24H20F3IN2O2/c25-20-7-6-18(19(22(20)27)11-15-4-5-16(28)12-21(15)26)23(31)30-13-24(32,14-30)9-8-17-3-1-2-10-29-17/h1-7,10,12,32H,8-9,11,13-14H2. The molecule has 1 aromatic heterocycles. The first-order valence-electron chi connectivity index (χ1n) is 10.1. The van der Waals surface area contributed by atoms with Crippen LogP contribution in [0, 0.1) is 21.0 Å². The molecule has 2 aromatic carbocycles. The van der Waals surface area contributed by atoms with Crippen molar-refractivity contribution in [3.8, 4) is 0 Å². The third kappa shape index (κ3) is 4.80. The monoisotopic (exact) mass is 552 g/mol. The number of rotatable bonds is 6. The summed E-state index contributed by atoms with van der Waals surface area (Å²) in [4.78, 5) is 18.6. The van der Waals surface area contributed by atoms with Gasteiger partial charge in [0.15, 0.2) is 11.6 Å². The van der Waals surface area contributed by atoms with Crippen LogP contribution >= 0.6 is 22.6 Å². The van der Waals surface area contributed by atoms with Gasteiger partial charge in [0.05, 0.1) is 13.1 Å². The van der Waals surface area contributed by atoms with Gasteiger partial charge in [-0.1, -0.05) is 12.1 Å². The lowest BCUT2D eigenvalue weighted by molar-refractivity contribution is -0.0855. The molecule has 1 aliphatic heterocycles. The van der Waals surface area contributed by atoms with E-state index in [4.69, 9.17) is 0 Å². The topological polar surface area (TPSA) is 53.4 Å². The molecule has 2 heterocycles. The van der Waals surface area contributed by atoms with Crippen molar-refractivity contribution in [3.63, 3.8) is 0 Å². The van der Waals surface area contributed by atoms with Crippen molar-refractivity contribution in [1.82, 2.24) is 9.88 Å². The van der Waals surface area contributed by atoms with Crippen LogP contribution < -0.4 is 0 Å². The fourth-order valence-electron chi connectivity index (χ4n) is 3.86. The van der Waals surface area contributed by atoms with E-state index in [0.29, 0.717) is 16.4 Å². The molecule has 8 heteroatoms. The lowest BCUT2D eigenvalue weighted by atomic mass is 9.87. The van der Waals surface area contributed by atoms with Gasteiger partial charge in [-0.05, 0) is 77.4 Å².